The Morgan fingerprint density at radius 3 is 2.17 bits per heavy atom. The molecule has 0 aliphatic rings. The topological polar surface area (TPSA) is 58.2 Å². The molecule has 2 rings (SSSR count). The van der Waals surface area contributed by atoms with Crippen LogP contribution in [0.5, 0.6) is 0 Å². The van der Waals surface area contributed by atoms with E-state index in [0.29, 0.717) is 12.1 Å². The first-order valence-corrected chi connectivity index (χ1v) is 8.41. The van der Waals surface area contributed by atoms with E-state index in [2.05, 4.69) is 17.6 Å². The van der Waals surface area contributed by atoms with E-state index in [0.717, 1.165) is 30.4 Å². The Morgan fingerprint density at radius 2 is 1.50 bits per heavy atom. The molecule has 2 N–H and O–H groups in total. The lowest BCUT2D eigenvalue weighted by Crippen LogP contribution is -2.37. The van der Waals surface area contributed by atoms with Crippen LogP contribution in [0.15, 0.2) is 54.6 Å². The van der Waals surface area contributed by atoms with Crippen molar-refractivity contribution in [3.8, 4) is 11.1 Å². The first-order chi connectivity index (χ1) is 11.7. The van der Waals surface area contributed by atoms with Crippen LogP contribution >= 0.6 is 0 Å². The third-order valence-electron chi connectivity index (χ3n) is 3.77. The summed E-state index contributed by atoms with van der Waals surface area (Å²) >= 11 is 0. The average molecular weight is 324 g/mol. The van der Waals surface area contributed by atoms with Crippen LogP contribution in [-0.2, 0) is 4.79 Å². The maximum atomic E-state index is 12.1. The van der Waals surface area contributed by atoms with Gasteiger partial charge in [-0.25, -0.2) is 0 Å². The maximum absolute atomic E-state index is 12.1. The molecule has 126 valence electrons. The summed E-state index contributed by atoms with van der Waals surface area (Å²) in [5.74, 6) is -0.390. The zero-order chi connectivity index (χ0) is 17.2. The SMILES string of the molecule is CCCCCNC(=O)CNC(=O)c1ccc(-c2ccccc2)cc1. The highest BCUT2D eigenvalue weighted by molar-refractivity contribution is 5.96. The Kier molecular flexibility index (Phi) is 7.02. The average Bonchev–Trinajstić information content (AvgIpc) is 2.64. The summed E-state index contributed by atoms with van der Waals surface area (Å²) in [6, 6.07) is 17.4. The quantitative estimate of drug-likeness (QED) is 0.731. The molecule has 2 aromatic carbocycles. The van der Waals surface area contributed by atoms with E-state index < -0.39 is 0 Å². The van der Waals surface area contributed by atoms with Gasteiger partial charge >= 0.3 is 0 Å². The highest BCUT2D eigenvalue weighted by Crippen LogP contribution is 2.19. The summed E-state index contributed by atoms with van der Waals surface area (Å²) in [4.78, 5) is 23.7. The molecule has 0 atom stereocenters. The van der Waals surface area contributed by atoms with Gasteiger partial charge in [0.15, 0.2) is 0 Å². The van der Waals surface area contributed by atoms with Crippen molar-refractivity contribution < 1.29 is 9.59 Å². The molecular weight excluding hydrogens is 300 g/mol. The first kappa shape index (κ1) is 17.7. The molecular formula is C20H24N2O2. The van der Waals surface area contributed by atoms with Crippen LogP contribution in [-0.4, -0.2) is 24.9 Å². The fraction of sp³-hybridized carbons (Fsp3) is 0.300. The van der Waals surface area contributed by atoms with Crippen molar-refractivity contribution in [2.24, 2.45) is 0 Å². The van der Waals surface area contributed by atoms with E-state index in [1.54, 1.807) is 12.1 Å². The van der Waals surface area contributed by atoms with Gasteiger partial charge in [-0.3, -0.25) is 9.59 Å². The van der Waals surface area contributed by atoms with Gasteiger partial charge in [0.25, 0.3) is 5.91 Å². The summed E-state index contributed by atoms with van der Waals surface area (Å²) in [6.07, 6.45) is 3.18. The molecule has 0 bridgehead atoms. The van der Waals surface area contributed by atoms with Gasteiger partial charge in [0.1, 0.15) is 0 Å². The second-order valence-corrected chi connectivity index (χ2v) is 5.68. The maximum Gasteiger partial charge on any atom is 0.251 e. The minimum Gasteiger partial charge on any atom is -0.355 e. The van der Waals surface area contributed by atoms with Crippen LogP contribution in [0.2, 0.25) is 0 Å². The molecule has 0 saturated carbocycles. The number of benzene rings is 2. The molecule has 0 saturated heterocycles. The number of rotatable bonds is 8. The molecule has 0 aromatic heterocycles. The third kappa shape index (κ3) is 5.54. The summed E-state index contributed by atoms with van der Waals surface area (Å²) in [5, 5.41) is 5.45. The van der Waals surface area contributed by atoms with Crippen LogP contribution in [0.1, 0.15) is 36.5 Å². The predicted molar refractivity (Wildman–Crippen MR) is 96.7 cm³/mol. The Morgan fingerprint density at radius 1 is 0.833 bits per heavy atom. The molecule has 0 aliphatic carbocycles. The van der Waals surface area contributed by atoms with Gasteiger partial charge in [-0.05, 0) is 29.7 Å². The molecule has 0 radical (unpaired) electrons. The Hall–Kier alpha value is -2.62. The van der Waals surface area contributed by atoms with E-state index >= 15 is 0 Å². The molecule has 2 amide bonds. The molecule has 24 heavy (non-hydrogen) atoms. The van der Waals surface area contributed by atoms with Gasteiger partial charge < -0.3 is 10.6 Å². The lowest BCUT2D eigenvalue weighted by atomic mass is 10.0. The standard InChI is InChI=1S/C20H24N2O2/c1-2-3-7-14-21-19(23)15-22-20(24)18-12-10-17(11-13-18)16-8-5-4-6-9-16/h4-6,8-13H,2-3,7,14-15H2,1H3,(H,21,23)(H,22,24). The van der Waals surface area contributed by atoms with E-state index in [9.17, 15) is 9.59 Å². The predicted octanol–water partition coefficient (Wildman–Crippen LogP) is 3.39. The minimum atomic E-state index is -0.238. The summed E-state index contributed by atoms with van der Waals surface area (Å²) < 4.78 is 0. The lowest BCUT2D eigenvalue weighted by Gasteiger charge is -2.07. The van der Waals surface area contributed by atoms with Crippen molar-refractivity contribution in [3.05, 3.63) is 60.2 Å². The normalized spacial score (nSPS) is 10.2. The number of carbonyl (C=O) groups is 2. The molecule has 2 aromatic rings. The zero-order valence-electron chi connectivity index (χ0n) is 14.0. The third-order valence-corrected chi connectivity index (χ3v) is 3.77. The molecule has 0 fully saturated rings. The molecule has 0 unspecified atom stereocenters. The number of nitrogens with one attached hydrogen (secondary N) is 2. The van der Waals surface area contributed by atoms with Crippen molar-refractivity contribution in [1.82, 2.24) is 10.6 Å². The van der Waals surface area contributed by atoms with Crippen LogP contribution < -0.4 is 10.6 Å². The number of carbonyl (C=O) groups excluding carboxylic acids is 2. The van der Waals surface area contributed by atoms with Crippen molar-refractivity contribution in [2.45, 2.75) is 26.2 Å². The fourth-order valence-electron chi connectivity index (χ4n) is 2.37. The van der Waals surface area contributed by atoms with E-state index in [1.165, 1.54) is 0 Å². The molecule has 0 heterocycles. The Labute approximate surface area is 143 Å². The Balaban J connectivity index is 1.81. The van der Waals surface area contributed by atoms with Crippen LogP contribution in [0.3, 0.4) is 0 Å². The minimum absolute atomic E-state index is 0.00535. The van der Waals surface area contributed by atoms with Gasteiger partial charge in [-0.15, -0.1) is 0 Å². The highest BCUT2D eigenvalue weighted by Gasteiger charge is 2.08. The van der Waals surface area contributed by atoms with E-state index in [-0.39, 0.29) is 18.4 Å². The highest BCUT2D eigenvalue weighted by atomic mass is 16.2. The van der Waals surface area contributed by atoms with Crippen molar-refractivity contribution in [1.29, 1.82) is 0 Å². The van der Waals surface area contributed by atoms with E-state index in [4.69, 9.17) is 0 Å². The Bertz CT molecular complexity index is 651. The zero-order valence-corrected chi connectivity index (χ0v) is 14.0. The van der Waals surface area contributed by atoms with Gasteiger partial charge in [0.05, 0.1) is 6.54 Å². The number of hydrogen-bond donors (Lipinski definition) is 2. The van der Waals surface area contributed by atoms with Gasteiger partial charge in [0.2, 0.25) is 5.91 Å². The molecule has 4 heteroatoms. The monoisotopic (exact) mass is 324 g/mol. The first-order valence-electron chi connectivity index (χ1n) is 8.41. The molecule has 0 aliphatic heterocycles. The van der Waals surface area contributed by atoms with E-state index in [1.807, 2.05) is 42.5 Å². The molecule has 0 spiro atoms. The number of unbranched alkanes of at least 4 members (excludes halogenated alkanes) is 2. The van der Waals surface area contributed by atoms with Crippen LogP contribution in [0, 0.1) is 0 Å². The van der Waals surface area contributed by atoms with Crippen LogP contribution in [0.4, 0.5) is 0 Å². The van der Waals surface area contributed by atoms with Crippen molar-refractivity contribution in [3.63, 3.8) is 0 Å². The largest absolute Gasteiger partial charge is 0.355 e. The number of amides is 2. The van der Waals surface area contributed by atoms with Crippen molar-refractivity contribution >= 4 is 11.8 Å². The van der Waals surface area contributed by atoms with Gasteiger partial charge in [0, 0.05) is 12.1 Å². The summed E-state index contributed by atoms with van der Waals surface area (Å²) in [7, 11) is 0. The smallest absolute Gasteiger partial charge is 0.251 e. The second-order valence-electron chi connectivity index (χ2n) is 5.68. The summed E-state index contributed by atoms with van der Waals surface area (Å²) in [6.45, 7) is 2.78. The summed E-state index contributed by atoms with van der Waals surface area (Å²) in [5.41, 5.74) is 2.71. The lowest BCUT2D eigenvalue weighted by molar-refractivity contribution is -0.120. The second kappa shape index (κ2) is 9.50. The van der Waals surface area contributed by atoms with Crippen LogP contribution in [0.25, 0.3) is 11.1 Å². The molecule has 4 nitrogen and oxygen atoms in total. The van der Waals surface area contributed by atoms with Gasteiger partial charge in [-0.1, -0.05) is 62.2 Å². The fourth-order valence-corrected chi connectivity index (χ4v) is 2.37. The van der Waals surface area contributed by atoms with Crippen molar-refractivity contribution in [2.75, 3.05) is 13.1 Å². The van der Waals surface area contributed by atoms with Gasteiger partial charge in [-0.2, -0.15) is 0 Å². The number of hydrogen-bond acceptors (Lipinski definition) is 2.